The highest BCUT2D eigenvalue weighted by molar-refractivity contribution is 7.99. The van der Waals surface area contributed by atoms with Crippen molar-refractivity contribution in [2.45, 2.75) is 6.54 Å². The van der Waals surface area contributed by atoms with E-state index in [0.717, 1.165) is 41.8 Å². The molecule has 3 rings (SSSR count). The van der Waals surface area contributed by atoms with Crippen LogP contribution in [0, 0.1) is 0 Å². The number of aromatic nitrogens is 2. The minimum Gasteiger partial charge on any atom is -0.504 e. The molecule has 0 amide bonds. The number of ether oxygens (including phenoxy) is 1. The normalized spacial score (nSPS) is 14.6. The molecule has 0 aliphatic carbocycles. The standard InChI is InChI=1S/C16H20N4O2S/c1-22-13-4-2-3-12(16(13)21)10-17-14-9-15(19-11-18-14)20-5-7-23-8-6-20/h2-4,9,11,21H,5-8,10H2,1H3,(H,17,18,19). The number of anilines is 2. The molecule has 0 atom stereocenters. The zero-order chi connectivity index (χ0) is 16.1. The van der Waals surface area contributed by atoms with Crippen molar-refractivity contribution < 1.29 is 9.84 Å². The van der Waals surface area contributed by atoms with Gasteiger partial charge in [-0.05, 0) is 6.07 Å². The molecule has 7 heteroatoms. The van der Waals surface area contributed by atoms with E-state index in [9.17, 15) is 5.11 Å². The molecule has 1 aromatic heterocycles. The molecule has 1 fully saturated rings. The highest BCUT2D eigenvalue weighted by Crippen LogP contribution is 2.29. The summed E-state index contributed by atoms with van der Waals surface area (Å²) in [5.74, 6) is 4.57. The fourth-order valence-corrected chi connectivity index (χ4v) is 3.37. The van der Waals surface area contributed by atoms with Gasteiger partial charge in [0.1, 0.15) is 18.0 Å². The topological polar surface area (TPSA) is 70.5 Å². The number of phenolic OH excluding ortho intramolecular Hbond substituents is 1. The molecule has 1 aliphatic heterocycles. The monoisotopic (exact) mass is 332 g/mol. The van der Waals surface area contributed by atoms with Crippen LogP contribution in [-0.4, -0.2) is 46.8 Å². The first kappa shape index (κ1) is 15.7. The second-order valence-electron chi connectivity index (χ2n) is 5.18. The molecular weight excluding hydrogens is 312 g/mol. The molecule has 0 radical (unpaired) electrons. The lowest BCUT2D eigenvalue weighted by Gasteiger charge is -2.27. The highest BCUT2D eigenvalue weighted by atomic mass is 32.2. The number of aromatic hydroxyl groups is 1. The van der Waals surface area contributed by atoms with Gasteiger partial charge in [0.25, 0.3) is 0 Å². The van der Waals surface area contributed by atoms with Gasteiger partial charge in [-0.2, -0.15) is 11.8 Å². The van der Waals surface area contributed by atoms with E-state index in [4.69, 9.17) is 4.74 Å². The maximum Gasteiger partial charge on any atom is 0.162 e. The molecule has 23 heavy (non-hydrogen) atoms. The first-order chi connectivity index (χ1) is 11.3. The summed E-state index contributed by atoms with van der Waals surface area (Å²) in [5.41, 5.74) is 0.763. The Labute approximate surface area is 139 Å². The van der Waals surface area contributed by atoms with Gasteiger partial charge in [0.2, 0.25) is 0 Å². The lowest BCUT2D eigenvalue weighted by molar-refractivity contribution is 0.371. The molecule has 0 saturated carbocycles. The SMILES string of the molecule is COc1cccc(CNc2cc(N3CCSCC3)ncn2)c1O. The summed E-state index contributed by atoms with van der Waals surface area (Å²) >= 11 is 1.97. The van der Waals surface area contributed by atoms with Gasteiger partial charge in [-0.25, -0.2) is 9.97 Å². The van der Waals surface area contributed by atoms with E-state index >= 15 is 0 Å². The van der Waals surface area contributed by atoms with Crippen LogP contribution < -0.4 is 15.0 Å². The number of nitrogens with one attached hydrogen (secondary N) is 1. The third-order valence-electron chi connectivity index (χ3n) is 3.75. The van der Waals surface area contributed by atoms with Crippen molar-refractivity contribution in [3.8, 4) is 11.5 Å². The maximum atomic E-state index is 10.1. The molecule has 2 N–H and O–H groups in total. The number of nitrogens with zero attached hydrogens (tertiary/aromatic N) is 3. The number of para-hydroxylation sites is 1. The van der Waals surface area contributed by atoms with Crippen LogP contribution in [0.5, 0.6) is 11.5 Å². The van der Waals surface area contributed by atoms with Gasteiger partial charge in [-0.1, -0.05) is 12.1 Å². The quantitative estimate of drug-likeness (QED) is 0.871. The smallest absolute Gasteiger partial charge is 0.162 e. The summed E-state index contributed by atoms with van der Waals surface area (Å²) < 4.78 is 5.12. The van der Waals surface area contributed by atoms with Crippen molar-refractivity contribution in [2.24, 2.45) is 0 Å². The summed E-state index contributed by atoms with van der Waals surface area (Å²) in [5, 5.41) is 13.4. The second kappa shape index (κ2) is 7.41. The van der Waals surface area contributed by atoms with Crippen LogP contribution in [0.25, 0.3) is 0 Å². The predicted octanol–water partition coefficient (Wildman–Crippen LogP) is 2.36. The molecule has 0 unspecified atom stereocenters. The summed E-state index contributed by atoms with van der Waals surface area (Å²) in [6.45, 7) is 2.49. The Kier molecular flexibility index (Phi) is 5.07. The molecule has 2 aromatic rings. The summed E-state index contributed by atoms with van der Waals surface area (Å²) in [6, 6.07) is 7.39. The van der Waals surface area contributed by atoms with Gasteiger partial charge in [0, 0.05) is 42.8 Å². The van der Waals surface area contributed by atoms with Crippen LogP contribution in [0.3, 0.4) is 0 Å². The maximum absolute atomic E-state index is 10.1. The molecule has 2 heterocycles. The fraction of sp³-hybridized carbons (Fsp3) is 0.375. The Bertz CT molecular complexity index is 662. The number of phenols is 1. The minimum atomic E-state index is 0.157. The van der Waals surface area contributed by atoms with Crippen LogP contribution in [0.4, 0.5) is 11.6 Å². The number of hydrogen-bond acceptors (Lipinski definition) is 7. The zero-order valence-corrected chi connectivity index (χ0v) is 13.8. The Morgan fingerprint density at radius 1 is 1.30 bits per heavy atom. The average Bonchev–Trinajstić information content (AvgIpc) is 2.62. The lowest BCUT2D eigenvalue weighted by atomic mass is 10.2. The molecule has 1 aliphatic rings. The van der Waals surface area contributed by atoms with Crippen molar-refractivity contribution in [1.29, 1.82) is 0 Å². The van der Waals surface area contributed by atoms with E-state index in [2.05, 4.69) is 20.2 Å². The molecule has 0 spiro atoms. The summed E-state index contributed by atoms with van der Waals surface area (Å²) in [7, 11) is 1.54. The van der Waals surface area contributed by atoms with Crippen molar-refractivity contribution in [3.63, 3.8) is 0 Å². The van der Waals surface area contributed by atoms with E-state index in [1.54, 1.807) is 19.5 Å². The van der Waals surface area contributed by atoms with Crippen LogP contribution >= 0.6 is 11.8 Å². The molecule has 6 nitrogen and oxygen atoms in total. The van der Waals surface area contributed by atoms with E-state index in [1.165, 1.54) is 0 Å². The van der Waals surface area contributed by atoms with Crippen molar-refractivity contribution in [1.82, 2.24) is 9.97 Å². The van der Waals surface area contributed by atoms with Crippen LogP contribution in [-0.2, 0) is 6.54 Å². The Morgan fingerprint density at radius 2 is 2.13 bits per heavy atom. The van der Waals surface area contributed by atoms with E-state index in [1.807, 2.05) is 30.0 Å². The van der Waals surface area contributed by atoms with Gasteiger partial charge in [-0.3, -0.25) is 0 Å². The second-order valence-corrected chi connectivity index (χ2v) is 6.41. The number of hydrogen-bond donors (Lipinski definition) is 2. The average molecular weight is 332 g/mol. The van der Waals surface area contributed by atoms with Gasteiger partial charge >= 0.3 is 0 Å². The van der Waals surface area contributed by atoms with Crippen molar-refractivity contribution in [2.75, 3.05) is 41.9 Å². The highest BCUT2D eigenvalue weighted by Gasteiger charge is 2.13. The van der Waals surface area contributed by atoms with E-state index in [-0.39, 0.29) is 5.75 Å². The van der Waals surface area contributed by atoms with Crippen molar-refractivity contribution >= 4 is 23.4 Å². The first-order valence-corrected chi connectivity index (χ1v) is 8.67. The summed E-state index contributed by atoms with van der Waals surface area (Å²) in [6.07, 6.45) is 1.57. The Balaban J connectivity index is 1.69. The van der Waals surface area contributed by atoms with E-state index in [0.29, 0.717) is 12.3 Å². The molecule has 0 bridgehead atoms. The predicted molar refractivity (Wildman–Crippen MR) is 93.6 cm³/mol. The van der Waals surface area contributed by atoms with Crippen LogP contribution in [0.2, 0.25) is 0 Å². The van der Waals surface area contributed by atoms with Gasteiger partial charge in [0.15, 0.2) is 11.5 Å². The van der Waals surface area contributed by atoms with Gasteiger partial charge in [0.05, 0.1) is 7.11 Å². The fourth-order valence-electron chi connectivity index (χ4n) is 2.47. The summed E-state index contributed by atoms with van der Waals surface area (Å²) in [4.78, 5) is 10.9. The Hall–Kier alpha value is -2.15. The minimum absolute atomic E-state index is 0.157. The van der Waals surface area contributed by atoms with Gasteiger partial charge in [-0.15, -0.1) is 0 Å². The molecule has 1 saturated heterocycles. The third kappa shape index (κ3) is 3.79. The number of thioether (sulfide) groups is 1. The largest absolute Gasteiger partial charge is 0.504 e. The lowest BCUT2D eigenvalue weighted by Crippen LogP contribution is -2.33. The number of methoxy groups -OCH3 is 1. The number of rotatable bonds is 5. The molecule has 122 valence electrons. The first-order valence-electron chi connectivity index (χ1n) is 7.51. The molecular formula is C16H20N4O2S. The third-order valence-corrected chi connectivity index (χ3v) is 4.69. The molecule has 1 aromatic carbocycles. The zero-order valence-electron chi connectivity index (χ0n) is 13.0. The van der Waals surface area contributed by atoms with Crippen LogP contribution in [0.15, 0.2) is 30.6 Å². The van der Waals surface area contributed by atoms with Crippen molar-refractivity contribution in [3.05, 3.63) is 36.2 Å². The van der Waals surface area contributed by atoms with Crippen LogP contribution in [0.1, 0.15) is 5.56 Å². The Morgan fingerprint density at radius 3 is 2.91 bits per heavy atom. The number of benzene rings is 1. The van der Waals surface area contributed by atoms with Gasteiger partial charge < -0.3 is 20.1 Å². The van der Waals surface area contributed by atoms with E-state index < -0.39 is 0 Å².